The first-order chi connectivity index (χ1) is 7.54. The molecule has 16 heavy (non-hydrogen) atoms. The van der Waals surface area contributed by atoms with E-state index in [1.807, 2.05) is 0 Å². The Morgan fingerprint density at radius 2 is 2.06 bits per heavy atom. The first kappa shape index (κ1) is 12.9. The zero-order valence-corrected chi connectivity index (χ0v) is 10.2. The molecule has 6 heteroatoms. The van der Waals surface area contributed by atoms with Gasteiger partial charge in [-0.1, -0.05) is 23.2 Å². The summed E-state index contributed by atoms with van der Waals surface area (Å²) in [6.45, 7) is 0.425. The fraction of sp³-hybridized carbons (Fsp3) is 0.300. The van der Waals surface area contributed by atoms with Crippen molar-refractivity contribution in [3.05, 3.63) is 22.2 Å². The third-order valence-corrected chi connectivity index (χ3v) is 2.69. The molecule has 0 spiro atoms. The molecule has 0 radical (unpaired) electrons. The summed E-state index contributed by atoms with van der Waals surface area (Å²) < 4.78 is 4.50. The number of hydrogen-bond donors (Lipinski definition) is 2. The SMILES string of the molecule is COC(=O)CCNc1cc(Cl)c(Cl)cc1N. The third kappa shape index (κ3) is 3.47. The highest BCUT2D eigenvalue weighted by Crippen LogP contribution is 2.30. The highest BCUT2D eigenvalue weighted by molar-refractivity contribution is 6.42. The van der Waals surface area contributed by atoms with E-state index in [-0.39, 0.29) is 12.4 Å². The van der Waals surface area contributed by atoms with Gasteiger partial charge in [0.05, 0.1) is 35.0 Å². The second kappa shape index (κ2) is 5.82. The minimum Gasteiger partial charge on any atom is -0.469 e. The zero-order valence-electron chi connectivity index (χ0n) is 8.72. The Bertz CT molecular complexity index is 397. The standard InChI is InChI=1S/C10H12Cl2N2O2/c1-16-10(15)2-3-14-9-5-7(12)6(11)4-8(9)13/h4-5,14H,2-3,13H2,1H3. The van der Waals surface area contributed by atoms with E-state index in [4.69, 9.17) is 28.9 Å². The van der Waals surface area contributed by atoms with Gasteiger partial charge in [0, 0.05) is 6.54 Å². The largest absolute Gasteiger partial charge is 0.469 e. The van der Waals surface area contributed by atoms with Gasteiger partial charge in [0.1, 0.15) is 0 Å². The average Bonchev–Trinajstić information content (AvgIpc) is 2.25. The molecule has 0 unspecified atom stereocenters. The second-order valence-corrected chi connectivity index (χ2v) is 3.92. The Hall–Kier alpha value is -1.13. The van der Waals surface area contributed by atoms with Gasteiger partial charge in [-0.2, -0.15) is 0 Å². The van der Waals surface area contributed by atoms with Crippen LogP contribution in [0, 0.1) is 0 Å². The van der Waals surface area contributed by atoms with Crippen molar-refractivity contribution in [3.8, 4) is 0 Å². The maximum atomic E-state index is 10.9. The molecule has 0 fully saturated rings. The maximum Gasteiger partial charge on any atom is 0.307 e. The van der Waals surface area contributed by atoms with Crippen LogP contribution >= 0.6 is 23.2 Å². The summed E-state index contributed by atoms with van der Waals surface area (Å²) in [5.41, 5.74) is 6.85. The van der Waals surface area contributed by atoms with Crippen LogP contribution in [0.2, 0.25) is 10.0 Å². The van der Waals surface area contributed by atoms with Gasteiger partial charge in [-0.15, -0.1) is 0 Å². The van der Waals surface area contributed by atoms with Crippen LogP contribution in [0.25, 0.3) is 0 Å². The Kier molecular flexibility index (Phi) is 4.71. The highest BCUT2D eigenvalue weighted by atomic mass is 35.5. The van der Waals surface area contributed by atoms with E-state index in [0.717, 1.165) is 0 Å². The number of carbonyl (C=O) groups excluding carboxylic acids is 1. The fourth-order valence-corrected chi connectivity index (χ4v) is 1.45. The van der Waals surface area contributed by atoms with Crippen LogP contribution in [0.3, 0.4) is 0 Å². The molecular formula is C10H12Cl2N2O2. The normalized spacial score (nSPS) is 9.94. The molecule has 0 saturated heterocycles. The molecule has 3 N–H and O–H groups in total. The van der Waals surface area contributed by atoms with Gasteiger partial charge in [0.2, 0.25) is 0 Å². The van der Waals surface area contributed by atoms with E-state index in [9.17, 15) is 4.79 Å². The smallest absolute Gasteiger partial charge is 0.307 e. The van der Waals surface area contributed by atoms with Crippen LogP contribution in [0.1, 0.15) is 6.42 Å². The highest BCUT2D eigenvalue weighted by Gasteiger charge is 2.05. The number of rotatable bonds is 4. The summed E-state index contributed by atoms with van der Waals surface area (Å²) in [7, 11) is 1.34. The van der Waals surface area contributed by atoms with Gasteiger partial charge in [-0.05, 0) is 12.1 Å². The number of hydrogen-bond acceptors (Lipinski definition) is 4. The molecule has 1 aromatic carbocycles. The van der Waals surface area contributed by atoms with E-state index >= 15 is 0 Å². The van der Waals surface area contributed by atoms with Crippen LogP contribution in [0.15, 0.2) is 12.1 Å². The predicted molar refractivity (Wildman–Crippen MR) is 66.0 cm³/mol. The maximum absolute atomic E-state index is 10.9. The summed E-state index contributed by atoms with van der Waals surface area (Å²) in [5.74, 6) is -0.286. The number of ether oxygens (including phenoxy) is 1. The van der Waals surface area contributed by atoms with Gasteiger partial charge in [0.15, 0.2) is 0 Å². The van der Waals surface area contributed by atoms with Crippen molar-refractivity contribution in [2.24, 2.45) is 0 Å². The van der Waals surface area contributed by atoms with E-state index in [1.54, 1.807) is 12.1 Å². The lowest BCUT2D eigenvalue weighted by Gasteiger charge is -2.09. The summed E-state index contributed by atoms with van der Waals surface area (Å²) in [5, 5.41) is 3.79. The Morgan fingerprint density at radius 1 is 1.44 bits per heavy atom. The number of nitrogens with one attached hydrogen (secondary N) is 1. The first-order valence-electron chi connectivity index (χ1n) is 4.59. The fourth-order valence-electron chi connectivity index (χ4n) is 1.12. The van der Waals surface area contributed by atoms with Crippen molar-refractivity contribution in [2.45, 2.75) is 6.42 Å². The number of nitrogen functional groups attached to an aromatic ring is 1. The number of esters is 1. The summed E-state index contributed by atoms with van der Waals surface area (Å²) in [6, 6.07) is 3.18. The number of benzene rings is 1. The predicted octanol–water partition coefficient (Wildman–Crippen LogP) is 2.55. The topological polar surface area (TPSA) is 64.3 Å². The van der Waals surface area contributed by atoms with E-state index in [2.05, 4.69) is 10.1 Å². The van der Waals surface area contributed by atoms with Crippen LogP contribution in [-0.4, -0.2) is 19.6 Å². The Balaban J connectivity index is 2.60. The second-order valence-electron chi connectivity index (χ2n) is 3.11. The monoisotopic (exact) mass is 262 g/mol. The van der Waals surface area contributed by atoms with Gasteiger partial charge in [-0.3, -0.25) is 4.79 Å². The van der Waals surface area contributed by atoms with Crippen molar-refractivity contribution < 1.29 is 9.53 Å². The van der Waals surface area contributed by atoms with Gasteiger partial charge < -0.3 is 15.8 Å². The number of anilines is 2. The Labute approximate surface area is 104 Å². The van der Waals surface area contributed by atoms with Crippen LogP contribution < -0.4 is 11.1 Å². The minimum atomic E-state index is -0.286. The number of methoxy groups -OCH3 is 1. The van der Waals surface area contributed by atoms with Gasteiger partial charge >= 0.3 is 5.97 Å². The van der Waals surface area contributed by atoms with Crippen molar-refractivity contribution in [1.29, 1.82) is 0 Å². The minimum absolute atomic E-state index is 0.260. The van der Waals surface area contributed by atoms with Crippen LogP contribution in [0.4, 0.5) is 11.4 Å². The van der Waals surface area contributed by atoms with Crippen molar-refractivity contribution in [1.82, 2.24) is 0 Å². The molecule has 0 aliphatic heterocycles. The van der Waals surface area contributed by atoms with Crippen molar-refractivity contribution in [2.75, 3.05) is 24.7 Å². The molecule has 0 saturated carbocycles. The lowest BCUT2D eigenvalue weighted by atomic mass is 10.2. The summed E-state index contributed by atoms with van der Waals surface area (Å²) in [6.07, 6.45) is 0.260. The summed E-state index contributed by atoms with van der Waals surface area (Å²) >= 11 is 11.6. The van der Waals surface area contributed by atoms with E-state index < -0.39 is 0 Å². The first-order valence-corrected chi connectivity index (χ1v) is 5.35. The average molecular weight is 263 g/mol. The molecule has 0 amide bonds. The zero-order chi connectivity index (χ0) is 12.1. The molecule has 0 aliphatic rings. The number of nitrogens with two attached hydrogens (primary N) is 1. The molecule has 4 nitrogen and oxygen atoms in total. The molecule has 0 heterocycles. The molecular weight excluding hydrogens is 251 g/mol. The van der Waals surface area contributed by atoms with E-state index in [1.165, 1.54) is 7.11 Å². The lowest BCUT2D eigenvalue weighted by molar-refractivity contribution is -0.140. The molecule has 1 rings (SSSR count). The molecule has 0 bridgehead atoms. The van der Waals surface area contributed by atoms with Crippen molar-refractivity contribution in [3.63, 3.8) is 0 Å². The molecule has 0 aromatic heterocycles. The quantitative estimate of drug-likeness (QED) is 0.647. The molecule has 88 valence electrons. The van der Waals surface area contributed by atoms with Gasteiger partial charge in [0.25, 0.3) is 0 Å². The summed E-state index contributed by atoms with van der Waals surface area (Å²) in [4.78, 5) is 10.9. The number of halogens is 2. The number of carbonyl (C=O) groups is 1. The lowest BCUT2D eigenvalue weighted by Crippen LogP contribution is -2.10. The van der Waals surface area contributed by atoms with Gasteiger partial charge in [-0.25, -0.2) is 0 Å². The molecule has 1 aromatic rings. The third-order valence-electron chi connectivity index (χ3n) is 1.96. The van der Waals surface area contributed by atoms with Crippen molar-refractivity contribution >= 4 is 40.5 Å². The van der Waals surface area contributed by atoms with Crippen LogP contribution in [-0.2, 0) is 9.53 Å². The Morgan fingerprint density at radius 3 is 2.69 bits per heavy atom. The van der Waals surface area contributed by atoms with Crippen LogP contribution in [0.5, 0.6) is 0 Å². The van der Waals surface area contributed by atoms with E-state index in [0.29, 0.717) is 28.0 Å². The molecule has 0 aliphatic carbocycles. The molecule has 0 atom stereocenters.